The first-order valence-corrected chi connectivity index (χ1v) is 16.7. The third kappa shape index (κ3) is 6.29. The van der Waals surface area contributed by atoms with Gasteiger partial charge >= 0.3 is 6.09 Å². The van der Waals surface area contributed by atoms with E-state index in [2.05, 4.69) is 12.2 Å². The fourth-order valence-corrected chi connectivity index (χ4v) is 8.39. The molecule has 1 aromatic heterocycles. The number of ether oxygens (including phenoxy) is 1. The number of carbonyl (C=O) groups excluding carboxylic acids is 3. The summed E-state index contributed by atoms with van der Waals surface area (Å²) in [6, 6.07) is 5.96. The average molecular weight is 603 g/mol. The number of hydrogen-bond donors (Lipinski definition) is 1. The Labute approximate surface area is 245 Å². The number of anilines is 1. The number of nitrogens with zero attached hydrogens (tertiary/aromatic N) is 3. The van der Waals surface area contributed by atoms with Gasteiger partial charge in [-0.2, -0.15) is 4.31 Å². The summed E-state index contributed by atoms with van der Waals surface area (Å²) in [6.07, 6.45) is 4.75. The van der Waals surface area contributed by atoms with Gasteiger partial charge in [-0.15, -0.1) is 11.3 Å². The van der Waals surface area contributed by atoms with Gasteiger partial charge in [-0.3, -0.25) is 9.59 Å². The molecule has 3 aliphatic rings. The Morgan fingerprint density at radius 3 is 2.32 bits per heavy atom. The van der Waals surface area contributed by atoms with Gasteiger partial charge in [-0.05, 0) is 81.2 Å². The molecule has 5 rings (SSSR count). The average Bonchev–Trinajstić information content (AvgIpc) is 3.34. The maximum Gasteiger partial charge on any atom is 0.410 e. The molecule has 4 heterocycles. The highest BCUT2D eigenvalue weighted by molar-refractivity contribution is 7.89. The Kier molecular flexibility index (Phi) is 9.00. The van der Waals surface area contributed by atoms with Crippen LogP contribution in [0.1, 0.15) is 77.1 Å². The predicted molar refractivity (Wildman–Crippen MR) is 157 cm³/mol. The smallest absolute Gasteiger partial charge is 0.410 e. The van der Waals surface area contributed by atoms with Crippen LogP contribution in [-0.4, -0.2) is 79.8 Å². The maximum atomic E-state index is 13.7. The lowest BCUT2D eigenvalue weighted by molar-refractivity contribution is 0.0724. The molecular weight excluding hydrogens is 564 g/mol. The molecule has 0 unspecified atom stereocenters. The highest BCUT2D eigenvalue weighted by atomic mass is 32.2. The second-order valence-electron chi connectivity index (χ2n) is 11.0. The van der Waals surface area contributed by atoms with Gasteiger partial charge in [0.2, 0.25) is 10.0 Å². The van der Waals surface area contributed by atoms with E-state index in [9.17, 15) is 22.8 Å². The van der Waals surface area contributed by atoms with Crippen LogP contribution < -0.4 is 5.32 Å². The first kappa shape index (κ1) is 29.5. The van der Waals surface area contributed by atoms with Gasteiger partial charge in [-0.1, -0.05) is 6.92 Å². The van der Waals surface area contributed by atoms with Crippen molar-refractivity contribution in [1.82, 2.24) is 14.1 Å². The van der Waals surface area contributed by atoms with Crippen molar-refractivity contribution in [1.29, 1.82) is 0 Å². The minimum atomic E-state index is -3.62. The fourth-order valence-electron chi connectivity index (χ4n) is 5.67. The van der Waals surface area contributed by atoms with Crippen molar-refractivity contribution in [2.45, 2.75) is 63.8 Å². The van der Waals surface area contributed by atoms with Gasteiger partial charge in [0.15, 0.2) is 0 Å². The number of hydrogen-bond acceptors (Lipinski definition) is 7. The normalized spacial score (nSPS) is 18.6. The molecule has 2 saturated heterocycles. The Morgan fingerprint density at radius 2 is 1.66 bits per heavy atom. The maximum absolute atomic E-state index is 13.7. The van der Waals surface area contributed by atoms with E-state index in [0.717, 1.165) is 42.5 Å². The molecule has 1 N–H and O–H groups in total. The van der Waals surface area contributed by atoms with Gasteiger partial charge < -0.3 is 19.9 Å². The molecule has 41 heavy (non-hydrogen) atoms. The zero-order valence-electron chi connectivity index (χ0n) is 23.7. The van der Waals surface area contributed by atoms with Gasteiger partial charge in [0, 0.05) is 43.2 Å². The summed E-state index contributed by atoms with van der Waals surface area (Å²) in [5.74, 6) is -0.0102. The summed E-state index contributed by atoms with van der Waals surface area (Å²) in [5, 5.41) is 3.40. The van der Waals surface area contributed by atoms with Crippen LogP contribution >= 0.6 is 11.3 Å². The van der Waals surface area contributed by atoms with E-state index >= 15 is 0 Å². The summed E-state index contributed by atoms with van der Waals surface area (Å²) < 4.78 is 32.9. The van der Waals surface area contributed by atoms with Crippen LogP contribution in [0.2, 0.25) is 0 Å². The van der Waals surface area contributed by atoms with Crippen LogP contribution in [0.15, 0.2) is 29.2 Å². The number of carbonyl (C=O) groups is 3. The van der Waals surface area contributed by atoms with Crippen LogP contribution in [0.4, 0.5) is 9.80 Å². The number of amides is 3. The monoisotopic (exact) mass is 602 g/mol. The third-order valence-electron chi connectivity index (χ3n) is 8.16. The zero-order valence-corrected chi connectivity index (χ0v) is 25.3. The van der Waals surface area contributed by atoms with Crippen LogP contribution in [0, 0.1) is 5.92 Å². The zero-order chi connectivity index (χ0) is 29.1. The Bertz CT molecular complexity index is 1390. The minimum absolute atomic E-state index is 0.0978. The number of nitrogens with one attached hydrogen (secondary N) is 1. The summed E-state index contributed by atoms with van der Waals surface area (Å²) in [7, 11) is -3.62. The number of benzene rings is 1. The van der Waals surface area contributed by atoms with E-state index in [1.165, 1.54) is 39.9 Å². The first-order valence-electron chi connectivity index (χ1n) is 14.5. The predicted octanol–water partition coefficient (Wildman–Crippen LogP) is 4.56. The van der Waals surface area contributed by atoms with Crippen molar-refractivity contribution in [3.8, 4) is 0 Å². The lowest BCUT2D eigenvalue weighted by atomic mass is 10.0. The first-order chi connectivity index (χ1) is 19.7. The highest BCUT2D eigenvalue weighted by Gasteiger charge is 2.33. The van der Waals surface area contributed by atoms with Crippen LogP contribution in [-0.2, 0) is 27.7 Å². The molecule has 3 amide bonds. The van der Waals surface area contributed by atoms with Gasteiger partial charge in [0.1, 0.15) is 5.00 Å². The molecule has 12 heteroatoms. The molecule has 2 aromatic rings. The van der Waals surface area contributed by atoms with Crippen LogP contribution in [0.5, 0.6) is 0 Å². The molecule has 0 aliphatic carbocycles. The van der Waals surface area contributed by atoms with E-state index in [-0.39, 0.29) is 17.4 Å². The standard InChI is InChI=1S/C29H38N4O6S2/c1-3-39-29(36)32-16-13-23-24(19-32)40-27(25(23)28(35)31-14-5-4-6-15-31)30-26(34)21-7-9-22(10-8-21)41(37,38)33-17-11-20(2)12-18-33/h7-10,20H,3-6,11-19H2,1-2H3,(H,30,34). The lowest BCUT2D eigenvalue weighted by Crippen LogP contribution is -2.38. The molecular formula is C29H38N4O6S2. The SMILES string of the molecule is CCOC(=O)N1CCc2c(sc(NC(=O)c3ccc(S(=O)(=O)N4CCC(C)CC4)cc3)c2C(=O)N2CCCCC2)C1. The number of thiophene rings is 1. The fraction of sp³-hybridized carbons (Fsp3) is 0.552. The minimum Gasteiger partial charge on any atom is -0.450 e. The molecule has 0 atom stereocenters. The molecule has 3 aliphatic heterocycles. The topological polar surface area (TPSA) is 116 Å². The van der Waals surface area contributed by atoms with E-state index in [4.69, 9.17) is 4.74 Å². The number of piperidine rings is 2. The Balaban J connectivity index is 1.37. The van der Waals surface area contributed by atoms with E-state index in [0.29, 0.717) is 67.7 Å². The van der Waals surface area contributed by atoms with Gasteiger partial charge in [0.05, 0.1) is 23.6 Å². The number of fused-ring (bicyclic) bond motifs is 1. The summed E-state index contributed by atoms with van der Waals surface area (Å²) in [5.41, 5.74) is 1.67. The van der Waals surface area contributed by atoms with E-state index in [1.54, 1.807) is 11.8 Å². The second kappa shape index (κ2) is 12.5. The van der Waals surface area contributed by atoms with Gasteiger partial charge in [0.25, 0.3) is 11.8 Å². The summed E-state index contributed by atoms with van der Waals surface area (Å²) in [4.78, 5) is 43.9. The molecule has 0 radical (unpaired) electrons. The number of rotatable bonds is 6. The molecule has 0 spiro atoms. The third-order valence-corrected chi connectivity index (χ3v) is 11.2. The van der Waals surface area contributed by atoms with Crippen molar-refractivity contribution >= 4 is 44.3 Å². The van der Waals surface area contributed by atoms with Crippen LogP contribution in [0.25, 0.3) is 0 Å². The number of sulfonamides is 1. The van der Waals surface area contributed by atoms with Crippen molar-refractivity contribution in [3.63, 3.8) is 0 Å². The molecule has 1 aromatic carbocycles. The summed E-state index contributed by atoms with van der Waals surface area (Å²) >= 11 is 1.31. The highest BCUT2D eigenvalue weighted by Crippen LogP contribution is 2.39. The van der Waals surface area contributed by atoms with Crippen molar-refractivity contribution in [3.05, 3.63) is 45.8 Å². The Morgan fingerprint density at radius 1 is 0.976 bits per heavy atom. The molecule has 0 saturated carbocycles. The molecule has 222 valence electrons. The van der Waals surface area contributed by atoms with Crippen molar-refractivity contribution in [2.24, 2.45) is 5.92 Å². The van der Waals surface area contributed by atoms with Crippen molar-refractivity contribution in [2.75, 3.05) is 44.6 Å². The van der Waals surface area contributed by atoms with Crippen molar-refractivity contribution < 1.29 is 27.5 Å². The largest absolute Gasteiger partial charge is 0.450 e. The van der Waals surface area contributed by atoms with Crippen LogP contribution in [0.3, 0.4) is 0 Å². The van der Waals surface area contributed by atoms with E-state index < -0.39 is 22.0 Å². The van der Waals surface area contributed by atoms with Gasteiger partial charge in [-0.25, -0.2) is 13.2 Å². The molecule has 0 bridgehead atoms. The Hall–Kier alpha value is -2.96. The second-order valence-corrected chi connectivity index (χ2v) is 14.0. The lowest BCUT2D eigenvalue weighted by Gasteiger charge is -2.29. The molecule has 2 fully saturated rings. The quantitative estimate of drug-likeness (QED) is 0.518. The molecule has 10 nitrogen and oxygen atoms in total. The number of likely N-dealkylation sites (tertiary alicyclic amines) is 1. The van der Waals surface area contributed by atoms with E-state index in [1.807, 2.05) is 4.90 Å². The summed E-state index contributed by atoms with van der Waals surface area (Å²) in [6.45, 7) is 7.27.